The average Bonchev–Trinajstić information content (AvgIpc) is 3.35. The van der Waals surface area contributed by atoms with E-state index in [2.05, 4.69) is 36.3 Å². The summed E-state index contributed by atoms with van der Waals surface area (Å²) < 4.78 is 15.6. The van der Waals surface area contributed by atoms with E-state index in [0.717, 1.165) is 5.56 Å². The van der Waals surface area contributed by atoms with Crippen LogP contribution in [0.25, 0.3) is 16.9 Å². The van der Waals surface area contributed by atoms with Gasteiger partial charge in [0.1, 0.15) is 29.7 Å². The van der Waals surface area contributed by atoms with Crippen molar-refractivity contribution in [2.45, 2.75) is 19.5 Å². The maximum atomic E-state index is 14.1. The Labute approximate surface area is 217 Å². The number of likely N-dealkylation sites (N-methyl/N-ethyl adjacent to an activating group) is 1. The minimum Gasteiger partial charge on any atom is -0.348 e. The molecule has 12 heteroatoms. The molecule has 11 nitrogen and oxygen atoms in total. The molecule has 0 aliphatic carbocycles. The van der Waals surface area contributed by atoms with Gasteiger partial charge in [-0.3, -0.25) is 9.59 Å². The van der Waals surface area contributed by atoms with Crippen molar-refractivity contribution >= 4 is 17.4 Å². The second kappa shape index (κ2) is 10.4. The average molecular weight is 516 g/mol. The van der Waals surface area contributed by atoms with Crippen molar-refractivity contribution in [3.8, 4) is 17.3 Å². The van der Waals surface area contributed by atoms with Crippen LogP contribution < -0.4 is 15.8 Å². The number of hydrogen-bond donors (Lipinski definition) is 2. The Balaban J connectivity index is 1.54. The molecular weight excluding hydrogens is 489 g/mol. The van der Waals surface area contributed by atoms with Gasteiger partial charge < -0.3 is 20.1 Å². The monoisotopic (exact) mass is 515 g/mol. The highest BCUT2D eigenvalue weighted by atomic mass is 19.1. The van der Waals surface area contributed by atoms with Crippen LogP contribution in [0.4, 0.5) is 10.2 Å². The van der Waals surface area contributed by atoms with Gasteiger partial charge in [-0.05, 0) is 31.7 Å². The molecule has 0 radical (unpaired) electrons. The van der Waals surface area contributed by atoms with E-state index < -0.39 is 18.6 Å². The number of nitrogens with zero attached hydrogens (tertiary/aromatic N) is 7. The predicted molar refractivity (Wildman–Crippen MR) is 139 cm³/mol. The SMILES string of the molecule is Cc1ncc(-c2cc3nc(C(=O)NCc4ccc(C#N)cc4)cc(N4CCN(C)C[C@H]4CF)n3n2)c(=O)[nH]1. The lowest BCUT2D eigenvalue weighted by Gasteiger charge is -2.40. The third-order valence-corrected chi connectivity index (χ3v) is 6.54. The first-order chi connectivity index (χ1) is 18.4. The molecule has 5 rings (SSSR count). The highest BCUT2D eigenvalue weighted by molar-refractivity contribution is 5.93. The number of piperazine rings is 1. The van der Waals surface area contributed by atoms with Crippen LogP contribution >= 0.6 is 0 Å². The molecule has 38 heavy (non-hydrogen) atoms. The standard InChI is InChI=1S/C26H26FN9O2/c1-16-29-14-20(25(37)31-16)21-9-23-32-22(26(38)30-13-18-5-3-17(12-28)4-6-18)10-24(36(23)33-21)35-8-7-34(2)15-19(35)11-27/h3-6,9-10,14,19H,7-8,11,13,15H2,1-2H3,(H,30,38)(H,29,31,37)/t19-/m1/s1. The lowest BCUT2D eigenvalue weighted by Crippen LogP contribution is -2.53. The van der Waals surface area contributed by atoms with E-state index in [1.54, 1.807) is 47.8 Å². The number of fused-ring (bicyclic) bond motifs is 1. The topological polar surface area (TPSA) is 135 Å². The number of alkyl halides is 1. The Kier molecular flexibility index (Phi) is 6.85. The van der Waals surface area contributed by atoms with Gasteiger partial charge in [0.15, 0.2) is 5.65 Å². The summed E-state index contributed by atoms with van der Waals surface area (Å²) in [4.78, 5) is 41.0. The highest BCUT2D eigenvalue weighted by Crippen LogP contribution is 2.25. The first kappa shape index (κ1) is 25.0. The number of nitrogens with one attached hydrogen (secondary N) is 2. The third kappa shape index (κ3) is 4.96. The molecule has 1 saturated heterocycles. The number of carbonyl (C=O) groups excluding carboxylic acids is 1. The molecule has 1 aromatic carbocycles. The highest BCUT2D eigenvalue weighted by Gasteiger charge is 2.29. The molecule has 1 fully saturated rings. The minimum atomic E-state index is -0.579. The molecule has 0 unspecified atom stereocenters. The maximum Gasteiger partial charge on any atom is 0.270 e. The number of carbonyl (C=O) groups is 1. The molecule has 0 bridgehead atoms. The quantitative estimate of drug-likeness (QED) is 0.396. The Morgan fingerprint density at radius 3 is 2.76 bits per heavy atom. The van der Waals surface area contributed by atoms with Gasteiger partial charge in [0, 0.05) is 44.5 Å². The fourth-order valence-electron chi connectivity index (χ4n) is 4.49. The molecule has 1 amide bonds. The van der Waals surface area contributed by atoms with Gasteiger partial charge in [0.25, 0.3) is 11.5 Å². The summed E-state index contributed by atoms with van der Waals surface area (Å²) >= 11 is 0. The molecular formula is C26H26FN9O2. The summed E-state index contributed by atoms with van der Waals surface area (Å²) in [6, 6.07) is 11.8. The van der Waals surface area contributed by atoms with Gasteiger partial charge in [0.05, 0.1) is 23.2 Å². The zero-order valence-corrected chi connectivity index (χ0v) is 21.0. The van der Waals surface area contributed by atoms with Crippen LogP contribution in [-0.2, 0) is 6.54 Å². The van der Waals surface area contributed by atoms with E-state index in [0.29, 0.717) is 48.2 Å². The number of aryl methyl sites for hydroxylation is 1. The normalized spacial score (nSPS) is 15.9. The van der Waals surface area contributed by atoms with Gasteiger partial charge in [-0.15, -0.1) is 0 Å². The van der Waals surface area contributed by atoms with Crippen molar-refractivity contribution in [2.75, 3.05) is 38.3 Å². The summed E-state index contributed by atoms with van der Waals surface area (Å²) in [6.45, 7) is 3.08. The number of aromatic nitrogens is 5. The van der Waals surface area contributed by atoms with Crippen molar-refractivity contribution in [1.82, 2.24) is 34.8 Å². The zero-order valence-electron chi connectivity index (χ0n) is 21.0. The van der Waals surface area contributed by atoms with Crippen molar-refractivity contribution in [3.63, 3.8) is 0 Å². The van der Waals surface area contributed by atoms with Crippen molar-refractivity contribution < 1.29 is 9.18 Å². The number of rotatable bonds is 6. The van der Waals surface area contributed by atoms with Crippen molar-refractivity contribution in [2.24, 2.45) is 0 Å². The first-order valence-corrected chi connectivity index (χ1v) is 12.1. The molecule has 4 heterocycles. The first-order valence-electron chi connectivity index (χ1n) is 12.1. The van der Waals surface area contributed by atoms with Crippen LogP contribution in [0.1, 0.15) is 27.4 Å². The Hall–Kier alpha value is -4.63. The summed E-state index contributed by atoms with van der Waals surface area (Å²) in [6.07, 6.45) is 1.45. The van der Waals surface area contributed by atoms with Gasteiger partial charge in [-0.2, -0.15) is 14.9 Å². The fraction of sp³-hybridized carbons (Fsp3) is 0.308. The zero-order chi connectivity index (χ0) is 26.8. The minimum absolute atomic E-state index is 0.139. The number of anilines is 1. The molecule has 4 aromatic rings. The second-order valence-electron chi connectivity index (χ2n) is 9.27. The Morgan fingerprint density at radius 2 is 2.05 bits per heavy atom. The summed E-state index contributed by atoms with van der Waals surface area (Å²) in [5.74, 6) is 0.574. The summed E-state index contributed by atoms with van der Waals surface area (Å²) in [5.41, 5.74) is 2.10. The Bertz CT molecular complexity index is 1590. The number of nitriles is 1. The van der Waals surface area contributed by atoms with Crippen LogP contribution in [0.3, 0.4) is 0 Å². The number of hydrogen-bond acceptors (Lipinski definition) is 8. The lowest BCUT2D eigenvalue weighted by molar-refractivity contribution is 0.0946. The summed E-state index contributed by atoms with van der Waals surface area (Å²) in [7, 11) is 1.94. The molecule has 1 aliphatic rings. The van der Waals surface area contributed by atoms with E-state index >= 15 is 0 Å². The van der Waals surface area contributed by atoms with Crippen molar-refractivity contribution in [1.29, 1.82) is 5.26 Å². The fourth-order valence-corrected chi connectivity index (χ4v) is 4.49. The molecule has 2 N–H and O–H groups in total. The molecule has 0 saturated carbocycles. The van der Waals surface area contributed by atoms with Gasteiger partial charge >= 0.3 is 0 Å². The van der Waals surface area contributed by atoms with E-state index in [1.807, 2.05) is 11.9 Å². The maximum absolute atomic E-state index is 14.1. The van der Waals surface area contributed by atoms with Crippen LogP contribution in [-0.4, -0.2) is 74.8 Å². The smallest absolute Gasteiger partial charge is 0.270 e. The molecule has 1 atom stereocenters. The summed E-state index contributed by atoms with van der Waals surface area (Å²) in [5, 5.41) is 16.4. The third-order valence-electron chi connectivity index (χ3n) is 6.54. The number of halogens is 1. The number of H-pyrrole nitrogens is 1. The molecule has 0 spiro atoms. The Morgan fingerprint density at radius 1 is 1.26 bits per heavy atom. The van der Waals surface area contributed by atoms with E-state index in [1.165, 1.54) is 6.20 Å². The largest absolute Gasteiger partial charge is 0.348 e. The number of amides is 1. The lowest BCUT2D eigenvalue weighted by atomic mass is 10.1. The van der Waals surface area contributed by atoms with E-state index in [9.17, 15) is 14.0 Å². The van der Waals surface area contributed by atoms with Crippen LogP contribution in [0.15, 0.2) is 47.4 Å². The van der Waals surface area contributed by atoms with Crippen LogP contribution in [0, 0.1) is 18.3 Å². The number of aromatic amines is 1. The van der Waals surface area contributed by atoms with Crippen molar-refractivity contribution in [3.05, 3.63) is 75.6 Å². The van der Waals surface area contributed by atoms with E-state index in [4.69, 9.17) is 5.26 Å². The molecule has 3 aromatic heterocycles. The van der Waals surface area contributed by atoms with Crippen LogP contribution in [0.5, 0.6) is 0 Å². The van der Waals surface area contributed by atoms with Crippen LogP contribution in [0.2, 0.25) is 0 Å². The molecule has 194 valence electrons. The second-order valence-corrected chi connectivity index (χ2v) is 9.27. The van der Waals surface area contributed by atoms with Gasteiger partial charge in [-0.1, -0.05) is 12.1 Å². The van der Waals surface area contributed by atoms with E-state index in [-0.39, 0.29) is 23.4 Å². The molecule has 1 aliphatic heterocycles. The predicted octanol–water partition coefficient (Wildman–Crippen LogP) is 1.68. The number of benzene rings is 1. The van der Waals surface area contributed by atoms with Gasteiger partial charge in [0.2, 0.25) is 0 Å². The van der Waals surface area contributed by atoms with Gasteiger partial charge in [-0.25, -0.2) is 14.4 Å².